The van der Waals surface area contributed by atoms with Crippen LogP contribution in [0.25, 0.3) is 10.2 Å². The second-order valence-electron chi connectivity index (χ2n) is 5.86. The molecule has 4 rings (SSSR count). The Balaban J connectivity index is 1.87. The number of rotatable bonds is 2. The van der Waals surface area contributed by atoms with E-state index in [-0.39, 0.29) is 11.6 Å². The zero-order chi connectivity index (χ0) is 16.0. The number of hydrogen-bond donors (Lipinski definition) is 1. The molecule has 0 aliphatic heterocycles. The fraction of sp³-hybridized carbons (Fsp3) is 0.467. The van der Waals surface area contributed by atoms with Crippen molar-refractivity contribution in [3.8, 4) is 0 Å². The summed E-state index contributed by atoms with van der Waals surface area (Å²) in [6.45, 7) is 1.93. The van der Waals surface area contributed by atoms with Gasteiger partial charge in [0.2, 0.25) is 5.13 Å². The monoisotopic (exact) mass is 347 g/mol. The molecule has 1 aliphatic carbocycles. The first-order valence-corrected chi connectivity index (χ1v) is 9.38. The van der Waals surface area contributed by atoms with Gasteiger partial charge in [0, 0.05) is 4.88 Å². The fourth-order valence-electron chi connectivity index (χ4n) is 3.15. The summed E-state index contributed by atoms with van der Waals surface area (Å²) in [7, 11) is 0. The predicted molar refractivity (Wildman–Crippen MR) is 93.3 cm³/mol. The highest BCUT2D eigenvalue weighted by molar-refractivity contribution is 7.18. The Morgan fingerprint density at radius 1 is 1.22 bits per heavy atom. The number of thiophene rings is 1. The third-order valence-corrected chi connectivity index (χ3v) is 6.50. The quantitative estimate of drug-likeness (QED) is 0.720. The molecule has 0 spiro atoms. The zero-order valence-corrected chi connectivity index (χ0v) is 14.4. The van der Waals surface area contributed by atoms with Crippen LogP contribution in [0.15, 0.2) is 11.1 Å². The smallest absolute Gasteiger partial charge is 0.263 e. The summed E-state index contributed by atoms with van der Waals surface area (Å²) < 4.78 is 1.65. The van der Waals surface area contributed by atoms with Gasteiger partial charge in [-0.25, -0.2) is 4.98 Å². The largest absolute Gasteiger partial charge is 0.374 e. The molecule has 8 heteroatoms. The van der Waals surface area contributed by atoms with Gasteiger partial charge in [-0.2, -0.15) is 0 Å². The van der Waals surface area contributed by atoms with Crippen LogP contribution in [0.1, 0.15) is 47.7 Å². The average Bonchev–Trinajstić information content (AvgIpc) is 3.04. The van der Waals surface area contributed by atoms with Crippen LogP contribution in [0.5, 0.6) is 0 Å². The second-order valence-corrected chi connectivity index (χ2v) is 7.98. The maximum atomic E-state index is 13.1. The number of aromatic nitrogens is 4. The van der Waals surface area contributed by atoms with Crippen molar-refractivity contribution >= 4 is 38.0 Å². The fourth-order valence-corrected chi connectivity index (χ4v) is 5.03. The topological polar surface area (TPSA) is 86.7 Å². The summed E-state index contributed by atoms with van der Waals surface area (Å²) in [5.74, 6) is 0. The number of anilines is 1. The van der Waals surface area contributed by atoms with E-state index in [0.29, 0.717) is 5.13 Å². The normalized spacial score (nSPS) is 16.2. The molecule has 0 bridgehead atoms. The first-order chi connectivity index (χ1) is 11.1. The number of hydrogen-bond acceptors (Lipinski definition) is 7. The highest BCUT2D eigenvalue weighted by Crippen LogP contribution is 2.33. The molecule has 0 amide bonds. The Morgan fingerprint density at radius 3 is 2.83 bits per heavy atom. The van der Waals surface area contributed by atoms with E-state index in [1.165, 1.54) is 34.6 Å². The maximum Gasteiger partial charge on any atom is 0.263 e. The molecule has 0 radical (unpaired) electrons. The zero-order valence-electron chi connectivity index (χ0n) is 12.8. The van der Waals surface area contributed by atoms with Crippen LogP contribution >= 0.6 is 22.7 Å². The number of fused-ring (bicyclic) bond motifs is 3. The van der Waals surface area contributed by atoms with Crippen LogP contribution in [0, 0.1) is 0 Å². The molecule has 0 saturated heterocycles. The lowest BCUT2D eigenvalue weighted by Crippen LogP contribution is -2.24. The third-order valence-electron chi connectivity index (χ3n) is 4.38. The Labute approximate surface area is 141 Å². The van der Waals surface area contributed by atoms with Crippen molar-refractivity contribution in [2.24, 2.45) is 0 Å². The molecular formula is C15H17N5OS2. The molecule has 1 atom stereocenters. The lowest BCUT2D eigenvalue weighted by Gasteiger charge is -2.11. The molecule has 0 aromatic carbocycles. The molecule has 0 unspecified atom stereocenters. The van der Waals surface area contributed by atoms with E-state index in [2.05, 4.69) is 15.2 Å². The van der Waals surface area contributed by atoms with Crippen molar-refractivity contribution in [3.63, 3.8) is 0 Å². The summed E-state index contributed by atoms with van der Waals surface area (Å²) in [5.41, 5.74) is 6.90. The van der Waals surface area contributed by atoms with Gasteiger partial charge in [-0.3, -0.25) is 9.36 Å². The first kappa shape index (κ1) is 14.8. The Morgan fingerprint density at radius 2 is 2.04 bits per heavy atom. The molecule has 23 heavy (non-hydrogen) atoms. The standard InChI is InChI=1S/C15H17N5OS2/c1-8(12-18-19-15(16)23-12)20-7-17-13-11(14(20)21)9-5-3-2-4-6-10(9)22-13/h7-8H,2-6H2,1H3,(H2,16,19)/t8-/m0/s1. The molecule has 0 fully saturated rings. The van der Waals surface area contributed by atoms with E-state index in [1.54, 1.807) is 22.2 Å². The van der Waals surface area contributed by atoms with Crippen molar-refractivity contribution < 1.29 is 0 Å². The van der Waals surface area contributed by atoms with Gasteiger partial charge < -0.3 is 5.73 Å². The number of nitrogen functional groups attached to an aromatic ring is 1. The summed E-state index contributed by atoms with van der Waals surface area (Å²) >= 11 is 2.99. The highest BCUT2D eigenvalue weighted by atomic mass is 32.1. The minimum atomic E-state index is -0.212. The first-order valence-electron chi connectivity index (χ1n) is 7.75. The van der Waals surface area contributed by atoms with Crippen molar-refractivity contribution in [2.45, 2.75) is 45.1 Å². The van der Waals surface area contributed by atoms with Crippen molar-refractivity contribution in [1.29, 1.82) is 0 Å². The maximum absolute atomic E-state index is 13.1. The van der Waals surface area contributed by atoms with Gasteiger partial charge in [0.15, 0.2) is 0 Å². The summed E-state index contributed by atoms with van der Waals surface area (Å²) in [4.78, 5) is 19.8. The van der Waals surface area contributed by atoms with E-state index in [0.717, 1.165) is 34.5 Å². The minimum absolute atomic E-state index is 0.0238. The Bertz CT molecular complexity index is 926. The van der Waals surface area contributed by atoms with Crippen molar-refractivity contribution in [2.75, 3.05) is 5.73 Å². The lowest BCUT2D eigenvalue weighted by molar-refractivity contribution is 0.599. The van der Waals surface area contributed by atoms with Crippen molar-refractivity contribution in [3.05, 3.63) is 32.1 Å². The van der Waals surface area contributed by atoms with Gasteiger partial charge in [0.1, 0.15) is 9.84 Å². The van der Waals surface area contributed by atoms with Gasteiger partial charge in [-0.15, -0.1) is 21.5 Å². The molecule has 3 aromatic heterocycles. The van der Waals surface area contributed by atoms with E-state index in [4.69, 9.17) is 5.73 Å². The van der Waals surface area contributed by atoms with Gasteiger partial charge in [-0.1, -0.05) is 17.8 Å². The van der Waals surface area contributed by atoms with E-state index in [9.17, 15) is 4.79 Å². The molecular weight excluding hydrogens is 330 g/mol. The second kappa shape index (κ2) is 5.68. The van der Waals surface area contributed by atoms with E-state index < -0.39 is 0 Å². The van der Waals surface area contributed by atoms with Crippen LogP contribution < -0.4 is 11.3 Å². The summed E-state index contributed by atoms with van der Waals surface area (Å²) in [6, 6.07) is -0.212. The number of nitrogens with two attached hydrogens (primary N) is 1. The number of nitrogens with zero attached hydrogens (tertiary/aromatic N) is 4. The molecule has 2 N–H and O–H groups in total. The average molecular weight is 347 g/mol. The molecule has 120 valence electrons. The summed E-state index contributed by atoms with van der Waals surface area (Å²) in [5, 5.41) is 9.85. The predicted octanol–water partition coefficient (Wildman–Crippen LogP) is 2.77. The summed E-state index contributed by atoms with van der Waals surface area (Å²) in [6.07, 6.45) is 7.26. The molecule has 3 aromatic rings. The van der Waals surface area contributed by atoms with Crippen LogP contribution in [0.2, 0.25) is 0 Å². The Hall–Kier alpha value is -1.80. The van der Waals surface area contributed by atoms with E-state index in [1.807, 2.05) is 6.92 Å². The lowest BCUT2D eigenvalue weighted by atomic mass is 10.1. The van der Waals surface area contributed by atoms with Gasteiger partial charge in [0.25, 0.3) is 5.56 Å². The third kappa shape index (κ3) is 2.46. The SMILES string of the molecule is C[C@@H](c1nnc(N)s1)n1cnc2sc3c(c2c1=O)CCCCC3. The van der Waals surface area contributed by atoms with Crippen LogP contribution in [-0.4, -0.2) is 19.7 Å². The van der Waals surface area contributed by atoms with Crippen LogP contribution in [-0.2, 0) is 12.8 Å². The van der Waals surface area contributed by atoms with Gasteiger partial charge in [-0.05, 0) is 38.2 Å². The van der Waals surface area contributed by atoms with Gasteiger partial charge >= 0.3 is 0 Å². The van der Waals surface area contributed by atoms with Crippen LogP contribution in [0.3, 0.4) is 0 Å². The Kier molecular flexibility index (Phi) is 3.65. The number of aryl methyl sites for hydroxylation is 2. The highest BCUT2D eigenvalue weighted by Gasteiger charge is 2.22. The molecule has 1 aliphatic rings. The molecule has 3 heterocycles. The van der Waals surface area contributed by atoms with Crippen LogP contribution in [0.4, 0.5) is 5.13 Å². The molecule has 0 saturated carbocycles. The van der Waals surface area contributed by atoms with Gasteiger partial charge in [0.05, 0.1) is 17.8 Å². The van der Waals surface area contributed by atoms with E-state index >= 15 is 0 Å². The minimum Gasteiger partial charge on any atom is -0.374 e. The molecule has 6 nitrogen and oxygen atoms in total. The van der Waals surface area contributed by atoms with Crippen molar-refractivity contribution in [1.82, 2.24) is 19.7 Å².